The largest absolute Gasteiger partial charge is 0.334 e. The summed E-state index contributed by atoms with van der Waals surface area (Å²) < 4.78 is 3.62. The third-order valence-corrected chi connectivity index (χ3v) is 1.11. The van der Waals surface area contributed by atoms with E-state index in [1.165, 1.54) is 6.54 Å². The number of nitrogens with zero attached hydrogens (tertiary/aromatic N) is 1. The van der Waals surface area contributed by atoms with E-state index in [9.17, 15) is 0 Å². The van der Waals surface area contributed by atoms with Gasteiger partial charge in [0, 0.05) is 0 Å². The Hall–Kier alpha value is -0.590. The van der Waals surface area contributed by atoms with Crippen molar-refractivity contribution in [2.45, 2.75) is 12.5 Å². The van der Waals surface area contributed by atoms with Gasteiger partial charge in [-0.3, -0.25) is 0 Å². The molecule has 1 unspecified atom stereocenters. The minimum absolute atomic E-state index is 0.838. The lowest BCUT2D eigenvalue weighted by Gasteiger charge is -1.62. The molecule has 1 atom stereocenters. The summed E-state index contributed by atoms with van der Waals surface area (Å²) in [6, 6.07) is 0.838. The maximum absolute atomic E-state index is 3.62. The Kier molecular flexibility index (Phi) is 1.25. The van der Waals surface area contributed by atoms with Gasteiger partial charge in [-0.15, -0.1) is 4.67 Å². The van der Waals surface area contributed by atoms with Gasteiger partial charge in [0.05, 0.1) is 0 Å². The molecule has 2 nitrogen and oxygen atoms in total. The molecule has 0 amide bonds. The Bertz CT molecular complexity index is 98.6. The van der Waals surface area contributed by atoms with E-state index in [-0.39, 0.29) is 0 Å². The monoisotopic (exact) mass is 98.1 g/mol. The van der Waals surface area contributed by atoms with Crippen LogP contribution in [0, 0.1) is 0 Å². The van der Waals surface area contributed by atoms with Gasteiger partial charge >= 0.3 is 0 Å². The van der Waals surface area contributed by atoms with E-state index < -0.39 is 0 Å². The molecule has 7 heavy (non-hydrogen) atoms. The minimum atomic E-state index is 0.838. The van der Waals surface area contributed by atoms with Gasteiger partial charge in [0.2, 0.25) is 0 Å². The van der Waals surface area contributed by atoms with Crippen LogP contribution in [-0.2, 0) is 0 Å². The zero-order valence-electron chi connectivity index (χ0n) is 4.30. The summed E-state index contributed by atoms with van der Waals surface area (Å²) in [6.07, 6.45) is 2.97. The SMILES string of the molecule is C=[N+]=CCC1C[NH2+]1. The van der Waals surface area contributed by atoms with Crippen LogP contribution < -0.4 is 9.98 Å². The topological polar surface area (TPSA) is 30.7 Å². The molecule has 0 aliphatic carbocycles. The van der Waals surface area contributed by atoms with Crippen molar-refractivity contribution in [3.05, 3.63) is 0 Å². The van der Waals surface area contributed by atoms with E-state index in [0.717, 1.165) is 12.5 Å². The Morgan fingerprint density at radius 1 is 2.00 bits per heavy atom. The highest BCUT2D eigenvalue weighted by atomic mass is 15.1. The van der Waals surface area contributed by atoms with Crippen molar-refractivity contribution in [1.82, 2.24) is 4.67 Å². The van der Waals surface area contributed by atoms with Gasteiger partial charge in [-0.1, -0.05) is 0 Å². The summed E-state index contributed by atoms with van der Waals surface area (Å²) in [5.74, 6) is 0. The van der Waals surface area contributed by atoms with Gasteiger partial charge in [0.1, 0.15) is 19.0 Å². The predicted molar refractivity (Wildman–Crippen MR) is 30.5 cm³/mol. The summed E-state index contributed by atoms with van der Waals surface area (Å²) in [6.45, 7) is 4.62. The van der Waals surface area contributed by atoms with Crippen LogP contribution in [0.15, 0.2) is 0 Å². The van der Waals surface area contributed by atoms with E-state index in [1.807, 2.05) is 6.21 Å². The van der Waals surface area contributed by atoms with E-state index in [0.29, 0.717) is 0 Å². The number of hydrogen-bond acceptors (Lipinski definition) is 0. The first-order valence-corrected chi connectivity index (χ1v) is 2.54. The highest BCUT2D eigenvalue weighted by Crippen LogP contribution is 1.83. The Labute approximate surface area is 43.0 Å². The Balaban J connectivity index is 2.09. The van der Waals surface area contributed by atoms with Crippen molar-refractivity contribution < 1.29 is 5.32 Å². The molecule has 0 aromatic heterocycles. The van der Waals surface area contributed by atoms with Gasteiger partial charge in [0.25, 0.3) is 12.9 Å². The summed E-state index contributed by atoms with van der Waals surface area (Å²) >= 11 is 0. The van der Waals surface area contributed by atoms with Crippen molar-refractivity contribution in [1.29, 1.82) is 0 Å². The molecule has 0 aromatic rings. The van der Waals surface area contributed by atoms with Gasteiger partial charge in [0.15, 0.2) is 0 Å². The smallest absolute Gasteiger partial charge is 0.274 e. The van der Waals surface area contributed by atoms with Crippen LogP contribution >= 0.6 is 0 Å². The molecule has 1 saturated heterocycles. The second kappa shape index (κ2) is 1.92. The molecule has 2 heteroatoms. The molecule has 1 rings (SSSR count). The lowest BCUT2D eigenvalue weighted by molar-refractivity contribution is -0.495. The van der Waals surface area contributed by atoms with Gasteiger partial charge in [-0.2, -0.15) is 0 Å². The van der Waals surface area contributed by atoms with Crippen molar-refractivity contribution in [2.75, 3.05) is 6.54 Å². The normalized spacial score (nSPS) is 26.0. The lowest BCUT2D eigenvalue weighted by atomic mass is 10.4. The number of hydrogen-bond donors (Lipinski definition) is 1. The molecular formula is C5H10N2+2. The fourth-order valence-electron chi connectivity index (χ4n) is 0.499. The fraction of sp³-hybridized carbons (Fsp3) is 0.600. The van der Waals surface area contributed by atoms with Crippen LogP contribution in [0.1, 0.15) is 6.42 Å². The molecule has 1 aliphatic rings. The van der Waals surface area contributed by atoms with Crippen LogP contribution in [-0.4, -0.2) is 25.5 Å². The maximum atomic E-state index is 3.62. The standard InChI is InChI=1S/C5H9N2/c1-6-3-2-5-4-7-5/h3,5,7H,1-2,4H2/q+1/p+1. The second-order valence-corrected chi connectivity index (χ2v) is 1.83. The predicted octanol–water partition coefficient (Wildman–Crippen LogP) is -1.84. The molecule has 0 spiro atoms. The van der Waals surface area contributed by atoms with Gasteiger partial charge in [-0.25, -0.2) is 0 Å². The average Bonchev–Trinajstić information content (AvgIpc) is 2.42. The summed E-state index contributed by atoms with van der Waals surface area (Å²) in [5.41, 5.74) is 0. The van der Waals surface area contributed by atoms with Crippen LogP contribution in [0.4, 0.5) is 0 Å². The number of rotatable bonds is 2. The number of quaternary nitrogens is 1. The van der Waals surface area contributed by atoms with E-state index in [4.69, 9.17) is 0 Å². The quantitative estimate of drug-likeness (QED) is 0.239. The third-order valence-electron chi connectivity index (χ3n) is 1.11. The molecule has 0 aromatic carbocycles. The molecule has 1 fully saturated rings. The van der Waals surface area contributed by atoms with E-state index in [1.54, 1.807) is 0 Å². The van der Waals surface area contributed by atoms with Crippen molar-refractivity contribution in [3.8, 4) is 0 Å². The first-order chi connectivity index (χ1) is 3.43. The lowest BCUT2D eigenvalue weighted by Crippen LogP contribution is -2.59. The van der Waals surface area contributed by atoms with Crippen molar-refractivity contribution in [2.24, 2.45) is 0 Å². The highest BCUT2D eigenvalue weighted by Gasteiger charge is 2.26. The van der Waals surface area contributed by atoms with Crippen LogP contribution in [0.3, 0.4) is 0 Å². The van der Waals surface area contributed by atoms with Crippen LogP contribution in [0.5, 0.6) is 0 Å². The van der Waals surface area contributed by atoms with Gasteiger partial charge < -0.3 is 5.32 Å². The summed E-state index contributed by atoms with van der Waals surface area (Å²) in [4.78, 5) is 0. The number of nitrogens with two attached hydrogens (primary N) is 1. The second-order valence-electron chi connectivity index (χ2n) is 1.83. The van der Waals surface area contributed by atoms with E-state index in [2.05, 4.69) is 16.7 Å². The van der Waals surface area contributed by atoms with Crippen molar-refractivity contribution in [3.63, 3.8) is 0 Å². The first kappa shape index (κ1) is 4.57. The minimum Gasteiger partial charge on any atom is -0.334 e. The molecule has 0 saturated carbocycles. The molecule has 0 radical (unpaired) electrons. The molecule has 0 bridgehead atoms. The van der Waals surface area contributed by atoms with Crippen LogP contribution in [0.2, 0.25) is 0 Å². The van der Waals surface area contributed by atoms with Crippen LogP contribution in [0.25, 0.3) is 0 Å². The van der Waals surface area contributed by atoms with Crippen molar-refractivity contribution >= 4 is 12.9 Å². The maximum Gasteiger partial charge on any atom is 0.274 e. The zero-order valence-corrected chi connectivity index (χ0v) is 4.30. The third kappa shape index (κ3) is 1.53. The molecule has 38 valence electrons. The zero-order chi connectivity index (χ0) is 5.11. The van der Waals surface area contributed by atoms with E-state index >= 15 is 0 Å². The molecule has 1 heterocycles. The molecular weight excluding hydrogens is 88.1 g/mol. The Morgan fingerprint density at radius 2 is 2.71 bits per heavy atom. The average molecular weight is 98.1 g/mol. The fourth-order valence-corrected chi connectivity index (χ4v) is 0.499. The summed E-state index contributed by atoms with van der Waals surface area (Å²) in [5, 5.41) is 2.28. The highest BCUT2D eigenvalue weighted by molar-refractivity contribution is 5.58. The Morgan fingerprint density at radius 3 is 3.14 bits per heavy atom. The molecule has 2 N–H and O–H groups in total. The summed E-state index contributed by atoms with van der Waals surface area (Å²) in [7, 11) is 0. The first-order valence-electron chi connectivity index (χ1n) is 2.54. The van der Waals surface area contributed by atoms with Gasteiger partial charge in [-0.05, 0) is 0 Å². The molecule has 1 aliphatic heterocycles.